The molecular formula is C31H42O6S2. The van der Waals surface area contributed by atoms with Crippen LogP contribution in [0.4, 0.5) is 0 Å². The molecule has 0 saturated carbocycles. The van der Waals surface area contributed by atoms with Gasteiger partial charge in [0.2, 0.25) is 0 Å². The van der Waals surface area contributed by atoms with Gasteiger partial charge in [-0.25, -0.2) is 16.8 Å². The van der Waals surface area contributed by atoms with E-state index >= 15 is 0 Å². The third-order valence-corrected chi connectivity index (χ3v) is 12.9. The van der Waals surface area contributed by atoms with Gasteiger partial charge in [-0.15, -0.1) is 0 Å². The normalized spacial score (nSPS) is 30.2. The zero-order valence-electron chi connectivity index (χ0n) is 23.6. The van der Waals surface area contributed by atoms with E-state index in [2.05, 4.69) is 6.08 Å². The van der Waals surface area contributed by atoms with Crippen molar-refractivity contribution < 1.29 is 27.0 Å². The predicted molar refractivity (Wildman–Crippen MR) is 154 cm³/mol. The highest BCUT2D eigenvalue weighted by atomic mass is 32.2. The monoisotopic (exact) mass is 574 g/mol. The molecule has 0 bridgehead atoms. The van der Waals surface area contributed by atoms with Gasteiger partial charge in [0.25, 0.3) is 0 Å². The lowest BCUT2D eigenvalue weighted by Gasteiger charge is -2.35. The molecule has 2 aromatic carbocycles. The van der Waals surface area contributed by atoms with Gasteiger partial charge >= 0.3 is 0 Å². The number of sulfone groups is 2. The molecule has 0 saturated heterocycles. The molecule has 2 aliphatic heterocycles. The summed E-state index contributed by atoms with van der Waals surface area (Å²) in [6.45, 7) is 9.20. The molecule has 6 nitrogen and oxygen atoms in total. The van der Waals surface area contributed by atoms with Crippen LogP contribution < -0.4 is 0 Å². The first-order valence-corrected chi connectivity index (χ1v) is 17.1. The highest BCUT2D eigenvalue weighted by Gasteiger charge is 2.45. The Balaban J connectivity index is 0.000000187. The van der Waals surface area contributed by atoms with E-state index in [4.69, 9.17) is 0 Å². The second-order valence-electron chi connectivity index (χ2n) is 12.8. The van der Waals surface area contributed by atoms with E-state index < -0.39 is 42.7 Å². The van der Waals surface area contributed by atoms with Crippen molar-refractivity contribution in [1.29, 1.82) is 0 Å². The largest absolute Gasteiger partial charge is 0.392 e. The SMILES string of the molecule is CC1(C)CS(=O)(=O)c2ccccc2[C@@H](C2=CCCCC2)[C@H]1O.C[C@@H]1c2ccccc2S(=O)(=O)CC(C)(C)[C@@H]1O. The molecule has 39 heavy (non-hydrogen) atoms. The maximum atomic E-state index is 12.8. The zero-order chi connectivity index (χ0) is 28.8. The van der Waals surface area contributed by atoms with E-state index in [1.807, 2.05) is 39.0 Å². The first kappa shape index (κ1) is 30.0. The Hall–Kier alpha value is -2.00. The van der Waals surface area contributed by atoms with Crippen molar-refractivity contribution in [2.24, 2.45) is 10.8 Å². The van der Waals surface area contributed by atoms with Gasteiger partial charge in [0.05, 0.1) is 33.5 Å². The second-order valence-corrected chi connectivity index (χ2v) is 16.7. The van der Waals surface area contributed by atoms with Gasteiger partial charge in [-0.3, -0.25) is 0 Å². The Morgan fingerprint density at radius 3 is 1.74 bits per heavy atom. The molecular weight excluding hydrogens is 532 g/mol. The third-order valence-electron chi connectivity index (χ3n) is 8.57. The van der Waals surface area contributed by atoms with Crippen LogP contribution >= 0.6 is 0 Å². The minimum atomic E-state index is -3.38. The smallest absolute Gasteiger partial charge is 0.179 e. The number of aliphatic hydroxyl groups excluding tert-OH is 2. The van der Waals surface area contributed by atoms with Gasteiger partial charge in [-0.1, -0.05) is 82.7 Å². The highest BCUT2D eigenvalue weighted by molar-refractivity contribution is 7.91. The lowest BCUT2D eigenvalue weighted by atomic mass is 9.73. The van der Waals surface area contributed by atoms with Gasteiger partial charge < -0.3 is 10.2 Å². The molecule has 2 N–H and O–H groups in total. The maximum absolute atomic E-state index is 12.8. The fourth-order valence-corrected chi connectivity index (χ4v) is 10.8. The van der Waals surface area contributed by atoms with Crippen LogP contribution in [0.25, 0.3) is 0 Å². The van der Waals surface area contributed by atoms with Crippen molar-refractivity contribution in [2.75, 3.05) is 11.5 Å². The number of fused-ring (bicyclic) bond motifs is 2. The van der Waals surface area contributed by atoms with Crippen molar-refractivity contribution in [3.8, 4) is 0 Å². The molecule has 0 radical (unpaired) electrons. The molecule has 2 heterocycles. The fraction of sp³-hybridized carbons (Fsp3) is 0.548. The molecule has 2 aromatic rings. The molecule has 4 atom stereocenters. The molecule has 1 aliphatic carbocycles. The van der Waals surface area contributed by atoms with Crippen molar-refractivity contribution >= 4 is 19.7 Å². The van der Waals surface area contributed by atoms with Crippen LogP contribution in [-0.2, 0) is 19.7 Å². The number of hydrogen-bond acceptors (Lipinski definition) is 6. The summed E-state index contributed by atoms with van der Waals surface area (Å²) < 4.78 is 50.1. The molecule has 0 unspecified atom stereocenters. The molecule has 0 spiro atoms. The summed E-state index contributed by atoms with van der Waals surface area (Å²) in [5, 5.41) is 21.3. The second kappa shape index (κ2) is 10.8. The number of benzene rings is 2. The van der Waals surface area contributed by atoms with Crippen LogP contribution in [0.2, 0.25) is 0 Å². The third kappa shape index (κ3) is 5.90. The topological polar surface area (TPSA) is 109 Å². The molecule has 0 fully saturated rings. The van der Waals surface area contributed by atoms with Crippen molar-refractivity contribution in [3.05, 3.63) is 71.3 Å². The van der Waals surface area contributed by atoms with Crippen LogP contribution in [0.5, 0.6) is 0 Å². The average Bonchev–Trinajstić information content (AvgIpc) is 2.96. The van der Waals surface area contributed by atoms with Crippen LogP contribution in [0.1, 0.15) is 83.3 Å². The molecule has 0 aromatic heterocycles. The first-order chi connectivity index (χ1) is 18.1. The van der Waals surface area contributed by atoms with Crippen LogP contribution in [0.15, 0.2) is 70.0 Å². The van der Waals surface area contributed by atoms with Gasteiger partial charge in [-0.05, 0) is 48.9 Å². The van der Waals surface area contributed by atoms with E-state index in [-0.39, 0.29) is 23.3 Å². The first-order valence-electron chi connectivity index (χ1n) is 13.8. The number of aliphatic hydroxyl groups is 2. The van der Waals surface area contributed by atoms with E-state index in [1.165, 1.54) is 12.0 Å². The predicted octanol–water partition coefficient (Wildman–Crippen LogP) is 5.41. The summed E-state index contributed by atoms with van der Waals surface area (Å²) in [5.41, 5.74) is 1.41. The van der Waals surface area contributed by atoms with E-state index in [0.717, 1.165) is 30.4 Å². The van der Waals surface area contributed by atoms with Crippen LogP contribution in [-0.4, -0.2) is 50.8 Å². The molecule has 8 heteroatoms. The maximum Gasteiger partial charge on any atom is 0.179 e. The van der Waals surface area contributed by atoms with Crippen molar-refractivity contribution in [3.63, 3.8) is 0 Å². The molecule has 214 valence electrons. The standard InChI is InChI=1S/C18H24O3S.C13H18O3S/c1-18(2)12-22(20,21)15-11-7-6-10-14(15)16(17(18)19)13-8-4-3-5-9-13;1-9-10-6-4-5-7-11(10)17(15,16)8-13(2,3)12(9)14/h6-8,10-11,16-17,19H,3-5,9,12H2,1-2H3;4-7,9,12,14H,8H2,1-3H3/t16-,17-;9-,12-/m11/s1. The van der Waals surface area contributed by atoms with Gasteiger partial charge in [-0.2, -0.15) is 0 Å². The van der Waals surface area contributed by atoms with E-state index in [9.17, 15) is 27.0 Å². The van der Waals surface area contributed by atoms with E-state index in [0.29, 0.717) is 9.79 Å². The van der Waals surface area contributed by atoms with E-state index in [1.54, 1.807) is 44.2 Å². The van der Waals surface area contributed by atoms with Gasteiger partial charge in [0.1, 0.15) is 0 Å². The summed E-state index contributed by atoms with van der Waals surface area (Å²) in [7, 11) is -6.69. The van der Waals surface area contributed by atoms with Crippen molar-refractivity contribution in [1.82, 2.24) is 0 Å². The lowest BCUT2D eigenvalue weighted by molar-refractivity contribution is 0.0465. The Labute approximate surface area is 234 Å². The average molecular weight is 575 g/mol. The van der Waals surface area contributed by atoms with Crippen LogP contribution in [0.3, 0.4) is 0 Å². The Morgan fingerprint density at radius 1 is 0.718 bits per heavy atom. The quantitative estimate of drug-likeness (QED) is 0.441. The molecule has 5 rings (SSSR count). The number of rotatable bonds is 1. The Kier molecular flexibility index (Phi) is 8.27. The summed E-state index contributed by atoms with van der Waals surface area (Å²) in [6.07, 6.45) is 5.14. The van der Waals surface area contributed by atoms with Gasteiger partial charge in [0, 0.05) is 22.7 Å². The number of allylic oxidation sites excluding steroid dienone is 1. The summed E-state index contributed by atoms with van der Waals surface area (Å²) in [4.78, 5) is 0.772. The highest BCUT2D eigenvalue weighted by Crippen LogP contribution is 2.46. The minimum absolute atomic E-state index is 0.0114. The molecule has 3 aliphatic rings. The Morgan fingerprint density at radius 2 is 1.21 bits per heavy atom. The summed E-state index contributed by atoms with van der Waals surface area (Å²) in [6, 6.07) is 14.2. The fourth-order valence-electron chi connectivity index (χ4n) is 6.48. The molecule has 0 amide bonds. The van der Waals surface area contributed by atoms with Crippen LogP contribution in [0, 0.1) is 10.8 Å². The Bertz CT molecular complexity index is 1450. The lowest BCUT2D eigenvalue weighted by Crippen LogP contribution is -2.38. The van der Waals surface area contributed by atoms with Gasteiger partial charge in [0.15, 0.2) is 19.7 Å². The van der Waals surface area contributed by atoms with Crippen molar-refractivity contribution in [2.45, 2.75) is 94.1 Å². The minimum Gasteiger partial charge on any atom is -0.392 e. The summed E-state index contributed by atoms with van der Waals surface area (Å²) in [5.74, 6) is -0.396. The summed E-state index contributed by atoms with van der Waals surface area (Å²) >= 11 is 0. The number of hydrogen-bond donors (Lipinski definition) is 2. The zero-order valence-corrected chi connectivity index (χ0v) is 25.2.